The van der Waals surface area contributed by atoms with Crippen LogP contribution < -0.4 is 10.1 Å². The molecule has 26 heavy (non-hydrogen) atoms. The van der Waals surface area contributed by atoms with Gasteiger partial charge in [-0.05, 0) is 32.0 Å². The summed E-state index contributed by atoms with van der Waals surface area (Å²) >= 11 is 0. The van der Waals surface area contributed by atoms with E-state index in [4.69, 9.17) is 9.47 Å². The molecule has 2 rings (SSSR count). The van der Waals surface area contributed by atoms with Gasteiger partial charge in [-0.15, -0.1) is 0 Å². The highest BCUT2D eigenvalue weighted by molar-refractivity contribution is 6.00. The molecule has 6 nitrogen and oxygen atoms in total. The number of amides is 1. The van der Waals surface area contributed by atoms with Gasteiger partial charge in [0.2, 0.25) is 5.78 Å². The zero-order valence-electron chi connectivity index (χ0n) is 14.9. The molecule has 6 heteroatoms. The van der Waals surface area contributed by atoms with Crippen molar-refractivity contribution in [3.05, 3.63) is 65.2 Å². The number of carbonyl (C=O) groups is 3. The molecule has 1 N–H and O–H groups in total. The van der Waals surface area contributed by atoms with Gasteiger partial charge in [0.15, 0.2) is 6.10 Å². The molecule has 0 bridgehead atoms. The molecule has 0 aliphatic rings. The SMILES string of the molecule is COc1cccc(C(=O)NCC(=O)O[C@@H](C)C(=O)c2ccc(C)cc2)c1. The fraction of sp³-hybridized carbons (Fsp3) is 0.250. The van der Waals surface area contributed by atoms with Crippen LogP contribution in [0.2, 0.25) is 0 Å². The average Bonchev–Trinajstić information content (AvgIpc) is 2.66. The lowest BCUT2D eigenvalue weighted by Gasteiger charge is -2.13. The summed E-state index contributed by atoms with van der Waals surface area (Å²) in [5.74, 6) is -0.873. The van der Waals surface area contributed by atoms with Crippen LogP contribution in [-0.2, 0) is 9.53 Å². The van der Waals surface area contributed by atoms with Crippen molar-refractivity contribution in [2.45, 2.75) is 20.0 Å². The van der Waals surface area contributed by atoms with Crippen LogP contribution in [0.4, 0.5) is 0 Å². The first-order valence-electron chi connectivity index (χ1n) is 8.13. The number of nitrogens with one attached hydrogen (secondary N) is 1. The maximum absolute atomic E-state index is 12.2. The number of aryl methyl sites for hydroxylation is 1. The summed E-state index contributed by atoms with van der Waals surface area (Å²) < 4.78 is 10.1. The molecule has 0 radical (unpaired) electrons. The first-order valence-corrected chi connectivity index (χ1v) is 8.13. The Morgan fingerprint density at radius 3 is 2.38 bits per heavy atom. The number of methoxy groups -OCH3 is 1. The summed E-state index contributed by atoms with van der Waals surface area (Å²) in [4.78, 5) is 36.2. The second-order valence-corrected chi connectivity index (χ2v) is 5.78. The number of benzene rings is 2. The summed E-state index contributed by atoms with van der Waals surface area (Å²) in [5.41, 5.74) is 1.86. The summed E-state index contributed by atoms with van der Waals surface area (Å²) in [7, 11) is 1.50. The van der Waals surface area contributed by atoms with Crippen molar-refractivity contribution in [2.75, 3.05) is 13.7 Å². The second kappa shape index (κ2) is 8.80. The smallest absolute Gasteiger partial charge is 0.326 e. The van der Waals surface area contributed by atoms with Crippen molar-refractivity contribution in [1.29, 1.82) is 0 Å². The zero-order valence-corrected chi connectivity index (χ0v) is 14.9. The Kier molecular flexibility index (Phi) is 6.49. The third-order valence-electron chi connectivity index (χ3n) is 3.74. The normalized spacial score (nSPS) is 11.3. The van der Waals surface area contributed by atoms with Crippen LogP contribution in [-0.4, -0.2) is 37.4 Å². The van der Waals surface area contributed by atoms with Crippen LogP contribution in [0.15, 0.2) is 48.5 Å². The minimum Gasteiger partial charge on any atom is -0.497 e. The number of Topliss-reactive ketones (excluding diaryl/α,β-unsaturated/α-hetero) is 1. The first kappa shape index (κ1) is 19.2. The first-order chi connectivity index (χ1) is 12.4. The average molecular weight is 355 g/mol. The maximum Gasteiger partial charge on any atom is 0.326 e. The third kappa shape index (κ3) is 5.17. The van der Waals surface area contributed by atoms with Gasteiger partial charge in [0.05, 0.1) is 7.11 Å². The molecular weight excluding hydrogens is 334 g/mol. The summed E-state index contributed by atoms with van der Waals surface area (Å²) in [5, 5.41) is 2.46. The Balaban J connectivity index is 1.86. The third-order valence-corrected chi connectivity index (χ3v) is 3.74. The number of ether oxygens (including phenoxy) is 2. The van der Waals surface area contributed by atoms with Crippen LogP contribution in [0.3, 0.4) is 0 Å². The van der Waals surface area contributed by atoms with E-state index in [-0.39, 0.29) is 12.3 Å². The number of hydrogen-bond donors (Lipinski definition) is 1. The lowest BCUT2D eigenvalue weighted by molar-refractivity contribution is -0.145. The van der Waals surface area contributed by atoms with E-state index in [1.807, 2.05) is 19.1 Å². The van der Waals surface area contributed by atoms with Gasteiger partial charge in [-0.25, -0.2) is 0 Å². The monoisotopic (exact) mass is 355 g/mol. The lowest BCUT2D eigenvalue weighted by Crippen LogP contribution is -2.34. The molecule has 1 atom stereocenters. The second-order valence-electron chi connectivity index (χ2n) is 5.78. The van der Waals surface area contributed by atoms with Crippen LogP contribution in [0.1, 0.15) is 33.2 Å². The van der Waals surface area contributed by atoms with Gasteiger partial charge in [0, 0.05) is 11.1 Å². The molecule has 0 saturated carbocycles. The molecule has 2 aromatic carbocycles. The van der Waals surface area contributed by atoms with Crippen LogP contribution >= 0.6 is 0 Å². The number of ketones is 1. The van der Waals surface area contributed by atoms with Crippen LogP contribution in [0.25, 0.3) is 0 Å². The van der Waals surface area contributed by atoms with Crippen molar-refractivity contribution in [3.8, 4) is 5.75 Å². The van der Waals surface area contributed by atoms with E-state index in [1.54, 1.807) is 36.4 Å². The Labute approximate surface area is 152 Å². The number of hydrogen-bond acceptors (Lipinski definition) is 5. The van der Waals surface area contributed by atoms with Gasteiger partial charge in [0.1, 0.15) is 12.3 Å². The molecule has 2 aromatic rings. The molecule has 0 saturated heterocycles. The molecule has 0 unspecified atom stereocenters. The Hall–Kier alpha value is -3.15. The van der Waals surface area contributed by atoms with Gasteiger partial charge >= 0.3 is 5.97 Å². The van der Waals surface area contributed by atoms with Gasteiger partial charge in [-0.3, -0.25) is 14.4 Å². The fourth-order valence-electron chi connectivity index (χ4n) is 2.26. The van der Waals surface area contributed by atoms with Crippen molar-refractivity contribution in [1.82, 2.24) is 5.32 Å². The quantitative estimate of drug-likeness (QED) is 0.610. The summed E-state index contributed by atoms with van der Waals surface area (Å²) in [6, 6.07) is 13.6. The topological polar surface area (TPSA) is 81.7 Å². The Morgan fingerprint density at radius 1 is 1.04 bits per heavy atom. The highest BCUT2D eigenvalue weighted by Gasteiger charge is 2.20. The standard InChI is InChI=1S/C20H21NO5/c1-13-7-9-15(10-8-13)19(23)14(2)26-18(22)12-21-20(24)16-5-4-6-17(11-16)25-3/h4-11,14H,12H2,1-3H3,(H,21,24)/t14-/m0/s1. The maximum atomic E-state index is 12.2. The minimum atomic E-state index is -0.932. The zero-order chi connectivity index (χ0) is 19.1. The molecule has 136 valence electrons. The molecule has 0 spiro atoms. The molecule has 0 aromatic heterocycles. The van der Waals surface area contributed by atoms with E-state index in [1.165, 1.54) is 14.0 Å². The number of esters is 1. The molecule has 0 aliphatic carbocycles. The van der Waals surface area contributed by atoms with Crippen molar-refractivity contribution in [3.63, 3.8) is 0 Å². The van der Waals surface area contributed by atoms with Crippen LogP contribution in [0, 0.1) is 6.92 Å². The predicted molar refractivity (Wildman–Crippen MR) is 96.4 cm³/mol. The summed E-state index contributed by atoms with van der Waals surface area (Å²) in [6.45, 7) is 3.09. The van der Waals surface area contributed by atoms with E-state index < -0.39 is 18.0 Å². The van der Waals surface area contributed by atoms with Gasteiger partial charge in [0.25, 0.3) is 5.91 Å². The fourth-order valence-corrected chi connectivity index (χ4v) is 2.26. The largest absolute Gasteiger partial charge is 0.497 e. The molecule has 1 amide bonds. The highest BCUT2D eigenvalue weighted by Crippen LogP contribution is 2.12. The van der Waals surface area contributed by atoms with Crippen molar-refractivity contribution < 1.29 is 23.9 Å². The van der Waals surface area contributed by atoms with E-state index in [0.717, 1.165) is 5.56 Å². The minimum absolute atomic E-state index is 0.294. The van der Waals surface area contributed by atoms with Gasteiger partial charge < -0.3 is 14.8 Å². The number of carbonyl (C=O) groups excluding carboxylic acids is 3. The molecule has 0 aliphatic heterocycles. The van der Waals surface area contributed by atoms with Gasteiger partial charge in [-0.2, -0.15) is 0 Å². The van der Waals surface area contributed by atoms with E-state index in [0.29, 0.717) is 16.9 Å². The highest BCUT2D eigenvalue weighted by atomic mass is 16.5. The predicted octanol–water partition coefficient (Wildman–Crippen LogP) is 2.55. The van der Waals surface area contributed by atoms with Crippen molar-refractivity contribution >= 4 is 17.7 Å². The molecular formula is C20H21NO5. The lowest BCUT2D eigenvalue weighted by atomic mass is 10.1. The molecule has 0 fully saturated rings. The molecule has 0 heterocycles. The van der Waals surface area contributed by atoms with Crippen LogP contribution in [0.5, 0.6) is 5.75 Å². The Morgan fingerprint density at radius 2 is 1.73 bits per heavy atom. The van der Waals surface area contributed by atoms with Crippen molar-refractivity contribution in [2.24, 2.45) is 0 Å². The van der Waals surface area contributed by atoms with E-state index in [2.05, 4.69) is 5.32 Å². The van der Waals surface area contributed by atoms with Gasteiger partial charge in [-0.1, -0.05) is 35.9 Å². The number of rotatable bonds is 7. The summed E-state index contributed by atoms with van der Waals surface area (Å²) in [6.07, 6.45) is -0.932. The van der Waals surface area contributed by atoms with E-state index in [9.17, 15) is 14.4 Å². The van der Waals surface area contributed by atoms with E-state index >= 15 is 0 Å². The Bertz CT molecular complexity index is 798.